The lowest BCUT2D eigenvalue weighted by atomic mass is 10.1. The summed E-state index contributed by atoms with van der Waals surface area (Å²) < 4.78 is 0. The van der Waals surface area contributed by atoms with E-state index in [1.807, 2.05) is 19.1 Å². The second-order valence-electron chi connectivity index (χ2n) is 2.92. The Labute approximate surface area is 85.6 Å². The second kappa shape index (κ2) is 5.22. The molecule has 0 amide bonds. The zero-order chi connectivity index (χ0) is 10.4. The topological polar surface area (TPSA) is 15.6 Å². The van der Waals surface area contributed by atoms with Crippen LogP contribution in [0.15, 0.2) is 42.1 Å². The van der Waals surface area contributed by atoms with Crippen LogP contribution in [-0.4, -0.2) is 6.21 Å². The fourth-order valence-corrected chi connectivity index (χ4v) is 1.23. The maximum Gasteiger partial charge on any atom is 0.0645 e. The number of aryl methyl sites for hydroxylation is 1. The molecule has 0 saturated carbocycles. The maximum absolute atomic E-state index is 4.16. The van der Waals surface area contributed by atoms with Gasteiger partial charge in [-0.15, -0.1) is 0 Å². The summed E-state index contributed by atoms with van der Waals surface area (Å²) in [6.45, 7) is 7.74. The quantitative estimate of drug-likeness (QED) is 0.523. The molecule has 1 aromatic carbocycles. The summed E-state index contributed by atoms with van der Waals surface area (Å²) in [6.07, 6.45) is 4.50. The number of hydrogen-bond donors (Lipinski definition) is 0. The van der Waals surface area contributed by atoms with Gasteiger partial charge >= 0.3 is 0 Å². The van der Waals surface area contributed by atoms with Gasteiger partial charge in [-0.1, -0.05) is 25.6 Å². The Hall–Kier alpha value is -1.57. The van der Waals surface area contributed by atoms with Crippen molar-refractivity contribution in [2.45, 2.75) is 20.3 Å². The second-order valence-corrected chi connectivity index (χ2v) is 2.92. The molecule has 0 unspecified atom stereocenters. The molecule has 0 N–H and O–H groups in total. The lowest BCUT2D eigenvalue weighted by Gasteiger charge is -2.13. The minimum Gasteiger partial charge on any atom is -0.242 e. The number of hydrazone groups is 1. The zero-order valence-electron chi connectivity index (χ0n) is 8.77. The van der Waals surface area contributed by atoms with Crippen LogP contribution in [0.25, 0.3) is 0 Å². The van der Waals surface area contributed by atoms with E-state index in [-0.39, 0.29) is 0 Å². The standard InChI is InChI=1S/C12H16N2/c1-4-11-7-9-12(10-8-11)14(6-3)13-5-2/h5-10H,3-4H2,1-2H3/b13-5-. The Morgan fingerprint density at radius 1 is 1.36 bits per heavy atom. The normalized spacial score (nSPS) is 10.4. The minimum atomic E-state index is 1.04. The molecule has 1 aromatic rings. The van der Waals surface area contributed by atoms with E-state index in [0.717, 1.165) is 12.1 Å². The smallest absolute Gasteiger partial charge is 0.0645 e. The third-order valence-corrected chi connectivity index (χ3v) is 2.02. The first-order chi connectivity index (χ1) is 6.81. The summed E-state index contributed by atoms with van der Waals surface area (Å²) in [4.78, 5) is 0. The maximum atomic E-state index is 4.16. The van der Waals surface area contributed by atoms with Crippen molar-refractivity contribution in [3.63, 3.8) is 0 Å². The van der Waals surface area contributed by atoms with Crippen LogP contribution in [0, 0.1) is 0 Å². The summed E-state index contributed by atoms with van der Waals surface area (Å²) in [5.74, 6) is 0. The molecular weight excluding hydrogens is 172 g/mol. The van der Waals surface area contributed by atoms with Crippen LogP contribution < -0.4 is 5.01 Å². The van der Waals surface area contributed by atoms with Crippen LogP contribution in [-0.2, 0) is 6.42 Å². The third-order valence-electron chi connectivity index (χ3n) is 2.02. The summed E-state index contributed by atoms with van der Waals surface area (Å²) in [5, 5.41) is 5.91. The molecule has 0 aliphatic heterocycles. The van der Waals surface area contributed by atoms with Crippen molar-refractivity contribution in [1.82, 2.24) is 0 Å². The van der Waals surface area contributed by atoms with Gasteiger partial charge in [0.15, 0.2) is 0 Å². The molecule has 0 radical (unpaired) electrons. The molecule has 0 bridgehead atoms. The van der Waals surface area contributed by atoms with E-state index in [2.05, 4.69) is 30.7 Å². The van der Waals surface area contributed by atoms with Crippen LogP contribution in [0.2, 0.25) is 0 Å². The first kappa shape index (κ1) is 10.5. The Morgan fingerprint density at radius 3 is 2.43 bits per heavy atom. The third kappa shape index (κ3) is 2.46. The summed E-state index contributed by atoms with van der Waals surface area (Å²) in [7, 11) is 0. The largest absolute Gasteiger partial charge is 0.242 e. The molecule has 2 nitrogen and oxygen atoms in total. The Bertz CT molecular complexity index is 312. The van der Waals surface area contributed by atoms with Crippen molar-refractivity contribution in [2.75, 3.05) is 5.01 Å². The number of rotatable bonds is 4. The van der Waals surface area contributed by atoms with Crippen LogP contribution in [0.1, 0.15) is 19.4 Å². The van der Waals surface area contributed by atoms with E-state index in [1.54, 1.807) is 17.4 Å². The van der Waals surface area contributed by atoms with E-state index in [9.17, 15) is 0 Å². The molecule has 0 spiro atoms. The van der Waals surface area contributed by atoms with E-state index >= 15 is 0 Å². The Balaban J connectivity index is 2.88. The Morgan fingerprint density at radius 2 is 2.00 bits per heavy atom. The summed E-state index contributed by atoms with van der Waals surface area (Å²) >= 11 is 0. The molecule has 0 heterocycles. The SMILES string of the molecule is C=CN(/N=C\C)c1ccc(CC)cc1. The van der Waals surface area contributed by atoms with Crippen molar-refractivity contribution in [3.05, 3.63) is 42.6 Å². The lowest BCUT2D eigenvalue weighted by Crippen LogP contribution is -2.06. The van der Waals surface area contributed by atoms with Gasteiger partial charge in [-0.3, -0.25) is 0 Å². The number of benzene rings is 1. The highest BCUT2D eigenvalue weighted by molar-refractivity contribution is 5.58. The van der Waals surface area contributed by atoms with Crippen LogP contribution in [0.5, 0.6) is 0 Å². The fourth-order valence-electron chi connectivity index (χ4n) is 1.23. The lowest BCUT2D eigenvalue weighted by molar-refractivity contribution is 1.08. The zero-order valence-corrected chi connectivity index (χ0v) is 8.77. The van der Waals surface area contributed by atoms with Crippen molar-refractivity contribution in [2.24, 2.45) is 5.10 Å². The van der Waals surface area contributed by atoms with E-state index < -0.39 is 0 Å². The highest BCUT2D eigenvalue weighted by atomic mass is 15.4. The minimum absolute atomic E-state index is 1.04. The molecule has 0 aliphatic rings. The van der Waals surface area contributed by atoms with Gasteiger partial charge in [-0.2, -0.15) is 5.10 Å². The summed E-state index contributed by atoms with van der Waals surface area (Å²) in [5.41, 5.74) is 2.37. The predicted octanol–water partition coefficient (Wildman–Crippen LogP) is 3.20. The average Bonchev–Trinajstić information content (AvgIpc) is 2.26. The molecule has 14 heavy (non-hydrogen) atoms. The molecule has 0 aliphatic carbocycles. The van der Waals surface area contributed by atoms with Gasteiger partial charge in [0, 0.05) is 12.4 Å². The van der Waals surface area contributed by atoms with Gasteiger partial charge < -0.3 is 0 Å². The van der Waals surface area contributed by atoms with Gasteiger partial charge in [0.25, 0.3) is 0 Å². The highest BCUT2D eigenvalue weighted by Crippen LogP contribution is 2.15. The van der Waals surface area contributed by atoms with E-state index in [1.165, 1.54) is 5.56 Å². The van der Waals surface area contributed by atoms with Gasteiger partial charge in [-0.25, -0.2) is 5.01 Å². The van der Waals surface area contributed by atoms with E-state index in [4.69, 9.17) is 0 Å². The molecule has 0 saturated heterocycles. The van der Waals surface area contributed by atoms with Crippen LogP contribution >= 0.6 is 0 Å². The molecule has 1 rings (SSSR count). The molecule has 2 heteroatoms. The predicted molar refractivity (Wildman–Crippen MR) is 62.7 cm³/mol. The first-order valence-corrected chi connectivity index (χ1v) is 4.81. The van der Waals surface area contributed by atoms with Gasteiger partial charge in [-0.05, 0) is 31.0 Å². The highest BCUT2D eigenvalue weighted by Gasteiger charge is 1.98. The number of hydrogen-bond acceptors (Lipinski definition) is 2. The summed E-state index contributed by atoms with van der Waals surface area (Å²) in [6, 6.07) is 8.31. The van der Waals surface area contributed by atoms with Gasteiger partial charge in [0.05, 0.1) is 5.69 Å². The average molecular weight is 188 g/mol. The van der Waals surface area contributed by atoms with Crippen molar-refractivity contribution >= 4 is 11.9 Å². The first-order valence-electron chi connectivity index (χ1n) is 4.81. The van der Waals surface area contributed by atoms with Crippen molar-refractivity contribution in [1.29, 1.82) is 0 Å². The van der Waals surface area contributed by atoms with Gasteiger partial charge in [0.1, 0.15) is 0 Å². The fraction of sp³-hybridized carbons (Fsp3) is 0.250. The van der Waals surface area contributed by atoms with Crippen molar-refractivity contribution < 1.29 is 0 Å². The molecule has 0 atom stereocenters. The number of anilines is 1. The van der Waals surface area contributed by atoms with Crippen LogP contribution in [0.3, 0.4) is 0 Å². The van der Waals surface area contributed by atoms with Gasteiger partial charge in [0.2, 0.25) is 0 Å². The Kier molecular flexibility index (Phi) is 3.92. The molecule has 0 fully saturated rings. The molecule has 74 valence electrons. The van der Waals surface area contributed by atoms with Crippen LogP contribution in [0.4, 0.5) is 5.69 Å². The molecular formula is C12H16N2. The van der Waals surface area contributed by atoms with Crippen molar-refractivity contribution in [3.8, 4) is 0 Å². The molecule has 0 aromatic heterocycles. The van der Waals surface area contributed by atoms with E-state index in [0.29, 0.717) is 0 Å². The number of nitrogens with zero attached hydrogens (tertiary/aromatic N) is 2. The monoisotopic (exact) mass is 188 g/mol.